The lowest BCUT2D eigenvalue weighted by atomic mass is 9.93. The summed E-state index contributed by atoms with van der Waals surface area (Å²) in [4.78, 5) is 17.2. The van der Waals surface area contributed by atoms with Crippen LogP contribution in [0.4, 0.5) is 4.79 Å². The van der Waals surface area contributed by atoms with Crippen LogP contribution >= 0.6 is 0 Å². The third kappa shape index (κ3) is 11.4. The molecule has 0 aliphatic carbocycles. The maximum Gasteiger partial charge on any atom is 0.415 e. The first-order valence-corrected chi connectivity index (χ1v) is 18.8. The van der Waals surface area contributed by atoms with E-state index in [0.717, 1.165) is 25.1 Å². The zero-order valence-electron chi connectivity index (χ0n) is 29.0. The van der Waals surface area contributed by atoms with Gasteiger partial charge in [0.05, 0.1) is 6.10 Å². The summed E-state index contributed by atoms with van der Waals surface area (Å²) in [6.45, 7) is 27.7. The van der Waals surface area contributed by atoms with Crippen molar-refractivity contribution < 1.29 is 14.0 Å². The molecule has 0 aliphatic heterocycles. The fourth-order valence-corrected chi connectivity index (χ4v) is 6.48. The molecular weight excluding hydrogens is 549 g/mol. The van der Waals surface area contributed by atoms with Gasteiger partial charge in [0.15, 0.2) is 8.32 Å². The summed E-state index contributed by atoms with van der Waals surface area (Å²) in [6, 6.07) is 21.5. The second-order valence-electron chi connectivity index (χ2n) is 14.3. The van der Waals surface area contributed by atoms with Crippen LogP contribution in [0.15, 0.2) is 78.2 Å². The van der Waals surface area contributed by atoms with Crippen LogP contribution in [0.5, 0.6) is 0 Å². The summed E-state index contributed by atoms with van der Waals surface area (Å²) in [5.41, 5.74) is 6.83. The number of amides is 1. The Hall–Kier alpha value is -2.63. The molecule has 0 fully saturated rings. The molecule has 43 heavy (non-hydrogen) atoms. The second kappa shape index (κ2) is 16.4. The molecule has 238 valence electrons. The number of rotatable bonds is 14. The summed E-state index contributed by atoms with van der Waals surface area (Å²) in [7, 11) is -2.20. The molecule has 0 radical (unpaired) electrons. The van der Waals surface area contributed by atoms with Gasteiger partial charge in [-0.2, -0.15) is 0 Å². The van der Waals surface area contributed by atoms with Gasteiger partial charge in [0.2, 0.25) is 0 Å². The van der Waals surface area contributed by atoms with E-state index in [-0.39, 0.29) is 35.4 Å². The van der Waals surface area contributed by atoms with E-state index < -0.39 is 8.32 Å². The number of ether oxygens (including phenoxy) is 1. The topological polar surface area (TPSA) is 42.0 Å². The highest BCUT2D eigenvalue weighted by molar-refractivity contribution is 6.74. The normalized spacial score (nSPS) is 13.7. The molecule has 6 heteroatoms. The minimum Gasteiger partial charge on any atom is -0.410 e. The zero-order valence-corrected chi connectivity index (χ0v) is 30.0. The van der Waals surface area contributed by atoms with E-state index in [0.29, 0.717) is 5.92 Å². The molecule has 5 nitrogen and oxygen atoms in total. The first-order valence-electron chi connectivity index (χ1n) is 15.9. The SMILES string of the molecule is CC(=C=COC(=O)N(C(C)C)C(C)C)[C@H](O[Si](C)(C)C(C)(C)C)[C@H](CC(C)C)N(Cc1ccccc1)Cc1ccccc1. The molecule has 0 aromatic heterocycles. The minimum absolute atomic E-state index is 0.0306. The van der Waals surface area contributed by atoms with E-state index in [1.165, 1.54) is 17.4 Å². The van der Waals surface area contributed by atoms with E-state index in [4.69, 9.17) is 9.16 Å². The Morgan fingerprint density at radius 1 is 0.860 bits per heavy atom. The highest BCUT2D eigenvalue weighted by atomic mass is 28.4. The van der Waals surface area contributed by atoms with E-state index in [1.54, 1.807) is 4.90 Å². The van der Waals surface area contributed by atoms with Gasteiger partial charge in [-0.3, -0.25) is 4.90 Å². The quantitative estimate of drug-likeness (QED) is 0.122. The maximum atomic E-state index is 12.9. The summed E-state index contributed by atoms with van der Waals surface area (Å²) in [6.07, 6.45) is 1.80. The van der Waals surface area contributed by atoms with Gasteiger partial charge >= 0.3 is 6.09 Å². The number of carbonyl (C=O) groups is 1. The molecule has 2 aromatic rings. The Balaban J connectivity index is 2.63. The van der Waals surface area contributed by atoms with Crippen LogP contribution in [0, 0.1) is 5.92 Å². The van der Waals surface area contributed by atoms with E-state index in [2.05, 4.69) is 126 Å². The van der Waals surface area contributed by atoms with Crippen LogP contribution in [0.1, 0.15) is 86.8 Å². The van der Waals surface area contributed by atoms with Crippen molar-refractivity contribution in [2.24, 2.45) is 5.92 Å². The van der Waals surface area contributed by atoms with Crippen LogP contribution in [0.25, 0.3) is 0 Å². The van der Waals surface area contributed by atoms with Gasteiger partial charge in [-0.05, 0) is 76.2 Å². The third-order valence-electron chi connectivity index (χ3n) is 8.41. The van der Waals surface area contributed by atoms with Gasteiger partial charge in [0, 0.05) is 36.8 Å². The molecule has 0 unspecified atom stereocenters. The lowest BCUT2D eigenvalue weighted by Crippen LogP contribution is -2.52. The molecule has 0 heterocycles. The molecule has 0 aliphatic rings. The Morgan fingerprint density at radius 2 is 1.33 bits per heavy atom. The predicted molar refractivity (Wildman–Crippen MR) is 183 cm³/mol. The Labute approximate surface area is 264 Å². The van der Waals surface area contributed by atoms with Gasteiger partial charge in [-0.15, -0.1) is 0 Å². The Bertz CT molecular complexity index is 1130. The van der Waals surface area contributed by atoms with Crippen molar-refractivity contribution in [3.8, 4) is 0 Å². The highest BCUT2D eigenvalue weighted by Gasteiger charge is 2.42. The lowest BCUT2D eigenvalue weighted by Gasteiger charge is -2.45. The fraction of sp³-hybridized carbons (Fsp3) is 0.568. The summed E-state index contributed by atoms with van der Waals surface area (Å²) in [5, 5.41) is 0.0306. The van der Waals surface area contributed by atoms with Gasteiger partial charge in [-0.25, -0.2) is 4.79 Å². The Kier molecular flexibility index (Phi) is 14.0. The fourth-order valence-electron chi connectivity index (χ4n) is 5.16. The average molecular weight is 607 g/mol. The molecule has 2 rings (SSSR count). The molecule has 0 N–H and O–H groups in total. The minimum atomic E-state index is -2.20. The van der Waals surface area contributed by atoms with Crippen LogP contribution < -0.4 is 0 Å². The smallest absolute Gasteiger partial charge is 0.410 e. The molecule has 0 bridgehead atoms. The number of hydrogen-bond donors (Lipinski definition) is 0. The molecule has 0 saturated heterocycles. The standard InChI is InChI=1S/C37H58N2O3Si/c1-28(2)25-34(38(26-32-19-15-13-16-20-32)27-33-21-17-14-18-22-33)35(42-43(11,12)37(8,9)10)31(7)23-24-41-36(40)39(29(3)4)30(5)6/h13-22,24,28-30,34-35H,25-27H2,1-12H3/t23?,34-,35-/m0/s1. The molecular formula is C37H58N2O3Si. The van der Waals surface area contributed by atoms with Crippen molar-refractivity contribution in [2.45, 2.75) is 131 Å². The third-order valence-corrected chi connectivity index (χ3v) is 12.9. The highest BCUT2D eigenvalue weighted by Crippen LogP contribution is 2.39. The summed E-state index contributed by atoms with van der Waals surface area (Å²) in [5.74, 6) is 0.449. The van der Waals surface area contributed by atoms with Crippen LogP contribution in [0.2, 0.25) is 18.1 Å². The maximum absolute atomic E-state index is 12.9. The average Bonchev–Trinajstić information content (AvgIpc) is 2.90. The van der Waals surface area contributed by atoms with Gasteiger partial charge in [0.1, 0.15) is 6.26 Å². The van der Waals surface area contributed by atoms with Gasteiger partial charge < -0.3 is 14.1 Å². The first kappa shape index (κ1) is 36.6. The predicted octanol–water partition coefficient (Wildman–Crippen LogP) is 9.81. The molecule has 0 spiro atoms. The van der Waals surface area contributed by atoms with Crippen molar-refractivity contribution in [2.75, 3.05) is 0 Å². The van der Waals surface area contributed by atoms with Crippen molar-refractivity contribution in [1.29, 1.82) is 0 Å². The van der Waals surface area contributed by atoms with Crippen molar-refractivity contribution >= 4 is 14.4 Å². The first-order chi connectivity index (χ1) is 20.0. The Morgan fingerprint density at radius 3 is 1.72 bits per heavy atom. The van der Waals surface area contributed by atoms with Crippen LogP contribution in [-0.2, 0) is 22.3 Å². The largest absolute Gasteiger partial charge is 0.415 e. The van der Waals surface area contributed by atoms with E-state index in [9.17, 15) is 4.79 Å². The molecule has 2 atom stereocenters. The summed E-state index contributed by atoms with van der Waals surface area (Å²) < 4.78 is 12.9. The number of benzene rings is 2. The van der Waals surface area contributed by atoms with Crippen LogP contribution in [0.3, 0.4) is 0 Å². The van der Waals surface area contributed by atoms with Gasteiger partial charge in [-0.1, -0.05) is 101 Å². The van der Waals surface area contributed by atoms with E-state index >= 15 is 0 Å². The monoisotopic (exact) mass is 606 g/mol. The number of nitrogens with zero attached hydrogens (tertiary/aromatic N) is 2. The second-order valence-corrected chi connectivity index (χ2v) is 19.1. The zero-order chi connectivity index (χ0) is 32.4. The van der Waals surface area contributed by atoms with Gasteiger partial charge in [0.25, 0.3) is 0 Å². The number of hydrogen-bond acceptors (Lipinski definition) is 4. The molecule has 0 saturated carbocycles. The van der Waals surface area contributed by atoms with E-state index in [1.807, 2.05) is 27.7 Å². The lowest BCUT2D eigenvalue weighted by molar-refractivity contribution is 0.0540. The van der Waals surface area contributed by atoms with Crippen LogP contribution in [-0.4, -0.2) is 48.4 Å². The number of carbonyl (C=O) groups excluding carboxylic acids is 1. The van der Waals surface area contributed by atoms with Crippen molar-refractivity contribution in [3.63, 3.8) is 0 Å². The molecule has 1 amide bonds. The van der Waals surface area contributed by atoms with Crippen molar-refractivity contribution in [3.05, 3.63) is 89.4 Å². The summed E-state index contributed by atoms with van der Waals surface area (Å²) >= 11 is 0. The molecule has 2 aromatic carbocycles. The van der Waals surface area contributed by atoms with Crippen molar-refractivity contribution in [1.82, 2.24) is 9.80 Å².